The van der Waals surface area contributed by atoms with Crippen LogP contribution in [0.1, 0.15) is 105 Å². The average Bonchev–Trinajstić information content (AvgIpc) is 4.05. The number of carbonyl (C=O) groups excluding carboxylic acids is 6. The molecule has 0 bridgehead atoms. The smallest absolute Gasteiger partial charge is 0.415 e. The lowest BCUT2D eigenvalue weighted by atomic mass is 9.89. The molecule has 3 aliphatic heterocycles. The largest absolute Gasteiger partial charge is 0.445 e. The molecule has 412 valence electrons. The third-order valence-electron chi connectivity index (χ3n) is 15.2. The number of ether oxygens (including phenoxy) is 4. The van der Waals surface area contributed by atoms with Crippen LogP contribution in [0.2, 0.25) is 0 Å². The van der Waals surface area contributed by atoms with E-state index in [4.69, 9.17) is 18.9 Å². The van der Waals surface area contributed by atoms with Crippen molar-refractivity contribution in [2.24, 2.45) is 29.6 Å². The highest BCUT2D eigenvalue weighted by Gasteiger charge is 2.44. The molecule has 0 aromatic heterocycles. The first-order chi connectivity index (χ1) is 35.1. The molecule has 3 fully saturated rings. The standard InChI is InChI=1S/C54H81FN6O11S2/c1-13-33(6)47(43(69-11)27-44(62)60-24-17-20-40(60)49(70-12)34(7)50(64)56-35(8)48(63)37-18-15-14-16-19-37)58(9)52(66)45(31(2)3)57-51(65)46(32(4)5)59(10)53(67)71-28-36-21-22-42(39(55)26-36)72-54(68)61-25-23-38-29-73-74-30-41(38)61/h14-16,18-19,21-22,26,31-35,38,40-41,43,45-49,63H,13,17,20,23-25,27-30H2,1-12H3,(H,56,64)(H,57,65)/t33-,34-,35+,38?,40+,41?,43+,45+,46+,47-,48+,49+/m0/s1. The molecule has 0 saturated carbocycles. The van der Waals surface area contributed by atoms with Crippen LogP contribution in [0.15, 0.2) is 48.5 Å². The summed E-state index contributed by atoms with van der Waals surface area (Å²) >= 11 is 0. The van der Waals surface area contributed by atoms with Crippen molar-refractivity contribution >= 4 is 57.4 Å². The van der Waals surface area contributed by atoms with Gasteiger partial charge in [-0.1, -0.05) is 113 Å². The average molecular weight is 1070 g/mol. The number of benzene rings is 2. The highest BCUT2D eigenvalue weighted by atomic mass is 33.1. The fraction of sp³-hybridized carbons (Fsp3) is 0.667. The van der Waals surface area contributed by atoms with Crippen LogP contribution in [0.25, 0.3) is 0 Å². The first kappa shape index (κ1) is 60.2. The van der Waals surface area contributed by atoms with Crippen LogP contribution in [0, 0.1) is 35.4 Å². The number of likely N-dealkylation sites (N-methyl/N-ethyl adjacent to an activating group) is 2. The van der Waals surface area contributed by atoms with Crippen molar-refractivity contribution in [1.82, 2.24) is 30.2 Å². The molecule has 0 aliphatic carbocycles. The molecule has 3 heterocycles. The number of methoxy groups -OCH3 is 2. The van der Waals surface area contributed by atoms with Gasteiger partial charge < -0.3 is 49.4 Å². The number of amides is 6. The van der Waals surface area contributed by atoms with Gasteiger partial charge in [-0.25, -0.2) is 14.0 Å². The Morgan fingerprint density at radius 1 is 0.838 bits per heavy atom. The first-order valence-electron chi connectivity index (χ1n) is 26.0. The third-order valence-corrected chi connectivity index (χ3v) is 17.7. The van der Waals surface area contributed by atoms with Crippen molar-refractivity contribution in [3.05, 3.63) is 65.5 Å². The van der Waals surface area contributed by atoms with E-state index in [1.54, 1.807) is 83.2 Å². The quantitative estimate of drug-likeness (QED) is 0.0939. The van der Waals surface area contributed by atoms with Gasteiger partial charge in [-0.15, -0.1) is 0 Å². The summed E-state index contributed by atoms with van der Waals surface area (Å²) in [4.78, 5) is 89.6. The van der Waals surface area contributed by atoms with E-state index in [2.05, 4.69) is 10.6 Å². The lowest BCUT2D eigenvalue weighted by Crippen LogP contribution is -2.60. The lowest BCUT2D eigenvalue weighted by molar-refractivity contribution is -0.148. The van der Waals surface area contributed by atoms with Crippen LogP contribution < -0.4 is 15.4 Å². The number of nitrogens with one attached hydrogen (secondary N) is 2. The SMILES string of the molecule is CC[C@H](C)[C@@H]([C@@H](CC(=O)N1CCC[C@@H]1[C@H](OC)[C@H](C)C(=O)N[C@H](C)[C@@H](O)c1ccccc1)OC)N(C)C(=O)[C@H](NC(=O)[C@@H](C(C)C)N(C)C(=O)OCc1ccc(OC(=O)N2CCC3CSSCC32)c(F)c1)C(C)C. The van der Waals surface area contributed by atoms with Gasteiger partial charge in [-0.2, -0.15) is 0 Å². The molecule has 74 heavy (non-hydrogen) atoms. The molecular formula is C54H81FN6O11S2. The predicted octanol–water partition coefficient (Wildman–Crippen LogP) is 7.30. The van der Waals surface area contributed by atoms with Crippen molar-refractivity contribution in [2.45, 2.75) is 149 Å². The summed E-state index contributed by atoms with van der Waals surface area (Å²) in [5.74, 6) is -1.99. The second-order valence-electron chi connectivity index (χ2n) is 20.8. The summed E-state index contributed by atoms with van der Waals surface area (Å²) in [5, 5.41) is 16.8. The van der Waals surface area contributed by atoms with E-state index in [1.165, 1.54) is 33.4 Å². The number of fused-ring (bicyclic) bond motifs is 1. The van der Waals surface area contributed by atoms with Gasteiger partial charge in [0.25, 0.3) is 0 Å². The Kier molecular flexibility index (Phi) is 22.8. The van der Waals surface area contributed by atoms with Crippen molar-refractivity contribution in [1.29, 1.82) is 0 Å². The van der Waals surface area contributed by atoms with Gasteiger partial charge in [0.15, 0.2) is 11.6 Å². The van der Waals surface area contributed by atoms with Gasteiger partial charge in [0.2, 0.25) is 23.6 Å². The Labute approximate surface area is 445 Å². The van der Waals surface area contributed by atoms with Crippen molar-refractivity contribution < 1.29 is 57.2 Å². The number of nitrogens with zero attached hydrogens (tertiary/aromatic N) is 4. The molecule has 0 radical (unpaired) electrons. The molecule has 0 spiro atoms. The number of hydrogen-bond acceptors (Lipinski definition) is 13. The van der Waals surface area contributed by atoms with Crippen LogP contribution in [0.4, 0.5) is 14.0 Å². The van der Waals surface area contributed by atoms with Crippen molar-refractivity contribution in [2.75, 3.05) is 52.9 Å². The Hall–Kier alpha value is -4.63. The highest BCUT2D eigenvalue weighted by molar-refractivity contribution is 8.76. The first-order valence-corrected chi connectivity index (χ1v) is 28.5. The van der Waals surface area contributed by atoms with Gasteiger partial charge in [0.05, 0.1) is 48.8 Å². The maximum absolute atomic E-state index is 15.3. The van der Waals surface area contributed by atoms with E-state index in [0.29, 0.717) is 49.4 Å². The molecule has 12 atom stereocenters. The molecule has 2 aromatic carbocycles. The Bertz CT molecular complexity index is 2210. The van der Waals surface area contributed by atoms with E-state index in [9.17, 15) is 33.9 Å². The molecule has 5 rings (SSSR count). The second kappa shape index (κ2) is 27.9. The summed E-state index contributed by atoms with van der Waals surface area (Å²) in [6.07, 6.45) is -0.989. The van der Waals surface area contributed by atoms with E-state index < -0.39 is 96.1 Å². The number of rotatable bonds is 23. The topological polar surface area (TPSA) is 197 Å². The number of aliphatic hydroxyl groups is 1. The van der Waals surface area contributed by atoms with E-state index in [1.807, 2.05) is 45.9 Å². The van der Waals surface area contributed by atoms with Crippen LogP contribution in [-0.2, 0) is 40.0 Å². The molecule has 2 unspecified atom stereocenters. The fourth-order valence-corrected chi connectivity index (χ4v) is 13.5. The maximum Gasteiger partial charge on any atom is 0.415 e. The summed E-state index contributed by atoms with van der Waals surface area (Å²) in [7, 11) is 9.62. The molecule has 3 saturated heterocycles. The van der Waals surface area contributed by atoms with E-state index in [0.717, 1.165) is 28.9 Å². The Balaban J connectivity index is 1.20. The Morgan fingerprint density at radius 3 is 2.15 bits per heavy atom. The van der Waals surface area contributed by atoms with Crippen LogP contribution >= 0.6 is 21.6 Å². The fourth-order valence-electron chi connectivity index (χ4n) is 10.6. The van der Waals surface area contributed by atoms with Crippen molar-refractivity contribution in [3.8, 4) is 5.75 Å². The maximum atomic E-state index is 15.3. The van der Waals surface area contributed by atoms with Crippen LogP contribution in [0.5, 0.6) is 5.75 Å². The number of aliphatic hydroxyl groups excluding tert-OH is 1. The normalized spacial score (nSPS) is 21.3. The summed E-state index contributed by atoms with van der Waals surface area (Å²) < 4.78 is 38.3. The van der Waals surface area contributed by atoms with Crippen LogP contribution in [0.3, 0.4) is 0 Å². The van der Waals surface area contributed by atoms with E-state index >= 15 is 4.39 Å². The molecule has 3 N–H and O–H groups in total. The number of likely N-dealkylation sites (tertiary alicyclic amines) is 2. The highest BCUT2D eigenvalue weighted by Crippen LogP contribution is 2.41. The number of hydrogen-bond donors (Lipinski definition) is 3. The molecule has 6 amide bonds. The van der Waals surface area contributed by atoms with Crippen molar-refractivity contribution in [3.63, 3.8) is 0 Å². The van der Waals surface area contributed by atoms with Crippen LogP contribution in [-0.4, -0.2) is 162 Å². The van der Waals surface area contributed by atoms with Gasteiger partial charge in [0.1, 0.15) is 18.7 Å². The molecule has 17 nitrogen and oxygen atoms in total. The van der Waals surface area contributed by atoms with Gasteiger partial charge in [0, 0.05) is 59.0 Å². The minimum atomic E-state index is -1.07. The summed E-state index contributed by atoms with van der Waals surface area (Å²) in [6.45, 7) is 15.3. The van der Waals surface area contributed by atoms with Gasteiger partial charge in [-0.05, 0) is 73.1 Å². The summed E-state index contributed by atoms with van der Waals surface area (Å²) in [5.41, 5.74) is 0.983. The lowest BCUT2D eigenvalue weighted by Gasteiger charge is -2.41. The zero-order valence-electron chi connectivity index (χ0n) is 45.3. The molecule has 3 aliphatic rings. The molecule has 2 aromatic rings. The minimum absolute atomic E-state index is 0.0607. The second-order valence-corrected chi connectivity index (χ2v) is 23.4. The third kappa shape index (κ3) is 14.8. The molecule has 20 heteroatoms. The van der Waals surface area contributed by atoms with E-state index in [-0.39, 0.29) is 42.6 Å². The zero-order chi connectivity index (χ0) is 54.6. The monoisotopic (exact) mass is 1070 g/mol. The van der Waals surface area contributed by atoms with Gasteiger partial charge in [-0.3, -0.25) is 24.1 Å². The Morgan fingerprint density at radius 2 is 1.53 bits per heavy atom. The minimum Gasteiger partial charge on any atom is -0.445 e. The zero-order valence-corrected chi connectivity index (χ0v) is 46.9. The number of halogens is 1. The predicted molar refractivity (Wildman–Crippen MR) is 284 cm³/mol. The summed E-state index contributed by atoms with van der Waals surface area (Å²) in [6, 6.07) is 9.43. The van der Waals surface area contributed by atoms with Gasteiger partial charge >= 0.3 is 12.2 Å². The molecular weight excluding hydrogens is 992 g/mol. The number of carbonyl (C=O) groups is 6.